The summed E-state index contributed by atoms with van der Waals surface area (Å²) in [5.74, 6) is -0.285. The molecule has 2 heterocycles. The second-order valence-electron chi connectivity index (χ2n) is 4.35. The second-order valence-corrected chi connectivity index (χ2v) is 4.35. The predicted octanol–water partition coefficient (Wildman–Crippen LogP) is 2.80. The van der Waals surface area contributed by atoms with Crippen molar-refractivity contribution in [3.8, 4) is 0 Å². The largest absolute Gasteiger partial charge is 0.342 e. The molecule has 5 heteroatoms. The third-order valence-electron chi connectivity index (χ3n) is 3.12. The van der Waals surface area contributed by atoms with Crippen molar-refractivity contribution in [1.29, 1.82) is 5.41 Å². The van der Waals surface area contributed by atoms with Crippen LogP contribution in [0.15, 0.2) is 48.8 Å². The van der Waals surface area contributed by atoms with Gasteiger partial charge in [-0.2, -0.15) is 0 Å². The molecule has 0 aliphatic heterocycles. The highest BCUT2D eigenvalue weighted by molar-refractivity contribution is 5.77. The molecule has 21 heavy (non-hydrogen) atoms. The van der Waals surface area contributed by atoms with Crippen LogP contribution < -0.4 is 5.73 Å². The number of hydrogen-bond donors (Lipinski definition) is 2. The van der Waals surface area contributed by atoms with Crippen molar-refractivity contribution in [2.45, 2.75) is 6.54 Å². The number of nitrogens with zero attached hydrogens (tertiary/aromatic N) is 2. The molecule has 3 aromatic rings. The fourth-order valence-corrected chi connectivity index (χ4v) is 2.12. The minimum absolute atomic E-state index is 0.285. The van der Waals surface area contributed by atoms with Gasteiger partial charge in [0.1, 0.15) is 5.82 Å². The number of halogens is 1. The zero-order chi connectivity index (χ0) is 15.2. The molecule has 0 spiro atoms. The summed E-state index contributed by atoms with van der Waals surface area (Å²) in [6, 6.07) is 10.6. The summed E-state index contributed by atoms with van der Waals surface area (Å²) >= 11 is 0. The molecule has 0 radical (unpaired) electrons. The summed E-state index contributed by atoms with van der Waals surface area (Å²) in [5.41, 5.74) is 7.56. The Bertz CT molecular complexity index is 749. The van der Waals surface area contributed by atoms with E-state index in [-0.39, 0.29) is 5.82 Å². The van der Waals surface area contributed by atoms with Gasteiger partial charge in [-0.3, -0.25) is 4.98 Å². The van der Waals surface area contributed by atoms with Gasteiger partial charge in [0.2, 0.25) is 0 Å². The maximum absolute atomic E-state index is 13.9. The minimum atomic E-state index is -0.285. The number of rotatable bonds is 3. The van der Waals surface area contributed by atoms with E-state index >= 15 is 0 Å². The number of benzene rings is 1. The Kier molecular flexibility index (Phi) is 4.79. The van der Waals surface area contributed by atoms with Gasteiger partial charge < -0.3 is 15.7 Å². The highest BCUT2D eigenvalue weighted by Gasteiger charge is 2.06. The molecule has 0 fully saturated rings. The minimum Gasteiger partial charge on any atom is -0.342 e. The van der Waals surface area contributed by atoms with Crippen LogP contribution in [0.4, 0.5) is 4.39 Å². The number of fused-ring (bicyclic) bond motifs is 1. The summed E-state index contributed by atoms with van der Waals surface area (Å²) in [6.07, 6.45) is 4.79. The average Bonchev–Trinajstić information content (AvgIpc) is 2.94. The SMILES string of the molecule is CN.N=Cc1ccc(Cn2ccc3ncccc32)c(F)c1. The molecule has 3 N–H and O–H groups in total. The van der Waals surface area contributed by atoms with Gasteiger partial charge in [0.05, 0.1) is 17.6 Å². The van der Waals surface area contributed by atoms with Gasteiger partial charge in [-0.25, -0.2) is 4.39 Å². The molecular weight excluding hydrogens is 267 g/mol. The maximum atomic E-state index is 13.9. The molecule has 0 atom stereocenters. The van der Waals surface area contributed by atoms with Crippen LogP contribution in [0.25, 0.3) is 11.0 Å². The van der Waals surface area contributed by atoms with Crippen LogP contribution in [0.5, 0.6) is 0 Å². The monoisotopic (exact) mass is 284 g/mol. The topological polar surface area (TPSA) is 67.7 Å². The molecule has 2 aromatic heterocycles. The van der Waals surface area contributed by atoms with Gasteiger partial charge in [-0.15, -0.1) is 0 Å². The van der Waals surface area contributed by atoms with E-state index in [1.54, 1.807) is 18.3 Å². The number of nitrogens with one attached hydrogen (secondary N) is 1. The van der Waals surface area contributed by atoms with Gasteiger partial charge in [0.15, 0.2) is 0 Å². The predicted molar refractivity (Wildman–Crippen MR) is 83.2 cm³/mol. The molecule has 1 aromatic carbocycles. The van der Waals surface area contributed by atoms with E-state index in [1.807, 2.05) is 29.0 Å². The van der Waals surface area contributed by atoms with Gasteiger partial charge in [0.25, 0.3) is 0 Å². The van der Waals surface area contributed by atoms with Gasteiger partial charge >= 0.3 is 0 Å². The average molecular weight is 284 g/mol. The summed E-state index contributed by atoms with van der Waals surface area (Å²) in [7, 11) is 1.50. The number of aromatic nitrogens is 2. The van der Waals surface area contributed by atoms with E-state index < -0.39 is 0 Å². The smallest absolute Gasteiger partial charge is 0.128 e. The summed E-state index contributed by atoms with van der Waals surface area (Å²) in [6.45, 7) is 0.458. The lowest BCUT2D eigenvalue weighted by atomic mass is 10.1. The van der Waals surface area contributed by atoms with Crippen LogP contribution in [0.1, 0.15) is 11.1 Å². The second kappa shape index (κ2) is 6.76. The summed E-state index contributed by atoms with van der Waals surface area (Å²) < 4.78 is 15.9. The molecule has 0 saturated heterocycles. The molecule has 108 valence electrons. The number of hydrogen-bond acceptors (Lipinski definition) is 3. The first-order chi connectivity index (χ1) is 10.3. The van der Waals surface area contributed by atoms with Gasteiger partial charge in [0, 0.05) is 24.2 Å². The van der Waals surface area contributed by atoms with Crippen LogP contribution in [-0.4, -0.2) is 22.8 Å². The van der Waals surface area contributed by atoms with Crippen LogP contribution >= 0.6 is 0 Å². The van der Waals surface area contributed by atoms with E-state index in [0.717, 1.165) is 17.2 Å². The molecule has 0 saturated carbocycles. The van der Waals surface area contributed by atoms with Gasteiger partial charge in [-0.1, -0.05) is 12.1 Å². The zero-order valence-electron chi connectivity index (χ0n) is 11.8. The van der Waals surface area contributed by atoms with Crippen LogP contribution in [0.2, 0.25) is 0 Å². The Labute approximate surface area is 122 Å². The summed E-state index contributed by atoms with van der Waals surface area (Å²) in [5, 5.41) is 7.11. The number of pyridine rings is 1. The molecule has 0 amide bonds. The van der Waals surface area contributed by atoms with Gasteiger partial charge in [-0.05, 0) is 36.9 Å². The fourth-order valence-electron chi connectivity index (χ4n) is 2.12. The molecular formula is C16H17FN4. The Morgan fingerprint density at radius 2 is 2.10 bits per heavy atom. The molecule has 0 unspecified atom stereocenters. The van der Waals surface area contributed by atoms with Crippen LogP contribution in [-0.2, 0) is 6.54 Å². The highest BCUT2D eigenvalue weighted by atomic mass is 19.1. The third-order valence-corrected chi connectivity index (χ3v) is 3.12. The van der Waals surface area contributed by atoms with E-state index in [4.69, 9.17) is 5.41 Å². The van der Waals surface area contributed by atoms with E-state index in [9.17, 15) is 4.39 Å². The normalized spacial score (nSPS) is 10.0. The summed E-state index contributed by atoms with van der Waals surface area (Å²) in [4.78, 5) is 4.25. The Morgan fingerprint density at radius 1 is 1.29 bits per heavy atom. The Balaban J connectivity index is 0.000000774. The molecule has 3 rings (SSSR count). The van der Waals surface area contributed by atoms with Crippen molar-refractivity contribution < 1.29 is 4.39 Å². The first kappa shape index (κ1) is 14.9. The lowest BCUT2D eigenvalue weighted by Gasteiger charge is -2.07. The Hall–Kier alpha value is -2.53. The molecule has 0 aliphatic rings. The van der Waals surface area contributed by atoms with Crippen molar-refractivity contribution in [1.82, 2.24) is 9.55 Å². The maximum Gasteiger partial charge on any atom is 0.128 e. The van der Waals surface area contributed by atoms with E-state index in [2.05, 4.69) is 10.7 Å². The van der Waals surface area contributed by atoms with Crippen LogP contribution in [0, 0.1) is 11.2 Å². The Morgan fingerprint density at radius 3 is 2.81 bits per heavy atom. The number of nitrogens with two attached hydrogens (primary N) is 1. The lowest BCUT2D eigenvalue weighted by molar-refractivity contribution is 0.602. The molecule has 4 nitrogen and oxygen atoms in total. The first-order valence-electron chi connectivity index (χ1n) is 6.54. The van der Waals surface area contributed by atoms with Crippen molar-refractivity contribution in [3.63, 3.8) is 0 Å². The third kappa shape index (κ3) is 3.14. The quantitative estimate of drug-likeness (QED) is 0.726. The van der Waals surface area contributed by atoms with E-state index in [0.29, 0.717) is 17.7 Å². The van der Waals surface area contributed by atoms with Crippen molar-refractivity contribution >= 4 is 17.2 Å². The molecule has 0 bridgehead atoms. The lowest BCUT2D eigenvalue weighted by Crippen LogP contribution is -2.01. The first-order valence-corrected chi connectivity index (χ1v) is 6.54. The molecule has 0 aliphatic carbocycles. The van der Waals surface area contributed by atoms with Crippen molar-refractivity contribution in [3.05, 3.63) is 65.7 Å². The standard InChI is InChI=1S/C15H12FN3.CH5N/c16-13-8-11(9-17)3-4-12(13)10-19-7-5-14-15(19)2-1-6-18-14;1-2/h1-9,17H,10H2;2H2,1H3. The van der Waals surface area contributed by atoms with Crippen molar-refractivity contribution in [2.24, 2.45) is 5.73 Å². The highest BCUT2D eigenvalue weighted by Crippen LogP contribution is 2.17. The van der Waals surface area contributed by atoms with E-state index in [1.165, 1.54) is 13.1 Å². The fraction of sp³-hybridized carbons (Fsp3) is 0.125. The van der Waals surface area contributed by atoms with Crippen LogP contribution in [0.3, 0.4) is 0 Å². The van der Waals surface area contributed by atoms with Crippen molar-refractivity contribution in [2.75, 3.05) is 7.05 Å². The zero-order valence-corrected chi connectivity index (χ0v) is 11.8.